The minimum atomic E-state index is -0.867. The molecule has 0 unspecified atom stereocenters. The summed E-state index contributed by atoms with van der Waals surface area (Å²) in [5.74, 6) is -0.836. The lowest BCUT2D eigenvalue weighted by atomic mass is 9.99. The van der Waals surface area contributed by atoms with Gasteiger partial charge in [-0.25, -0.2) is 0 Å². The molecule has 0 aliphatic carbocycles. The number of rotatable bonds is 4. The molecular formula is C13H24N2O3. The first-order chi connectivity index (χ1) is 8.32. The average molecular weight is 256 g/mol. The number of carboxylic acid groups (broad SMARTS) is 1. The van der Waals surface area contributed by atoms with Crippen LogP contribution in [0.15, 0.2) is 0 Å². The topological polar surface area (TPSA) is 69.6 Å². The van der Waals surface area contributed by atoms with E-state index in [1.54, 1.807) is 4.90 Å². The molecule has 0 radical (unpaired) electrons. The van der Waals surface area contributed by atoms with Gasteiger partial charge in [0.25, 0.3) is 0 Å². The lowest BCUT2D eigenvalue weighted by molar-refractivity contribution is -0.142. The van der Waals surface area contributed by atoms with E-state index < -0.39 is 5.97 Å². The molecule has 2 N–H and O–H groups in total. The van der Waals surface area contributed by atoms with E-state index in [1.807, 2.05) is 20.8 Å². The zero-order chi connectivity index (χ0) is 13.8. The van der Waals surface area contributed by atoms with Gasteiger partial charge in [-0.2, -0.15) is 0 Å². The summed E-state index contributed by atoms with van der Waals surface area (Å²) in [6, 6.07) is -0.147. The van der Waals surface area contributed by atoms with E-state index in [4.69, 9.17) is 5.11 Å². The summed E-state index contributed by atoms with van der Waals surface area (Å²) in [6.45, 7) is 6.96. The molecule has 0 saturated carbocycles. The summed E-state index contributed by atoms with van der Waals surface area (Å²) in [5.41, 5.74) is -0.342. The van der Waals surface area contributed by atoms with E-state index in [9.17, 15) is 9.59 Å². The number of carbonyl (C=O) groups excluding carboxylic acids is 1. The molecule has 1 aliphatic heterocycles. The number of piperidine rings is 1. The molecule has 1 amide bonds. The Balaban J connectivity index is 2.68. The van der Waals surface area contributed by atoms with Crippen LogP contribution in [0.4, 0.5) is 0 Å². The highest BCUT2D eigenvalue weighted by Crippen LogP contribution is 2.18. The van der Waals surface area contributed by atoms with Crippen LogP contribution in [0.2, 0.25) is 0 Å². The van der Waals surface area contributed by atoms with Crippen molar-refractivity contribution in [2.24, 2.45) is 0 Å². The van der Waals surface area contributed by atoms with E-state index in [0.717, 1.165) is 25.8 Å². The molecule has 5 nitrogen and oxygen atoms in total. The minimum absolute atomic E-state index is 0.00424. The summed E-state index contributed by atoms with van der Waals surface area (Å²) in [4.78, 5) is 24.8. The van der Waals surface area contributed by atoms with Crippen molar-refractivity contribution in [1.82, 2.24) is 10.2 Å². The van der Waals surface area contributed by atoms with Crippen molar-refractivity contribution < 1.29 is 14.7 Å². The lowest BCUT2D eigenvalue weighted by Crippen LogP contribution is -2.55. The third kappa shape index (κ3) is 4.29. The molecule has 0 spiro atoms. The Hall–Kier alpha value is -1.10. The van der Waals surface area contributed by atoms with Gasteiger partial charge in [-0.1, -0.05) is 6.42 Å². The zero-order valence-electron chi connectivity index (χ0n) is 11.5. The average Bonchev–Trinajstić information content (AvgIpc) is 2.28. The van der Waals surface area contributed by atoms with E-state index in [1.165, 1.54) is 0 Å². The van der Waals surface area contributed by atoms with Crippen LogP contribution in [-0.2, 0) is 9.59 Å². The molecule has 0 aromatic carbocycles. The number of hydrogen-bond donors (Lipinski definition) is 2. The van der Waals surface area contributed by atoms with Crippen molar-refractivity contribution in [1.29, 1.82) is 0 Å². The van der Waals surface area contributed by atoms with E-state index in [-0.39, 0.29) is 30.5 Å². The molecule has 0 bridgehead atoms. The van der Waals surface area contributed by atoms with Crippen LogP contribution in [0.1, 0.15) is 46.5 Å². The Labute approximate surface area is 109 Å². The van der Waals surface area contributed by atoms with Gasteiger partial charge in [0.1, 0.15) is 0 Å². The molecule has 0 aromatic heterocycles. The van der Waals surface area contributed by atoms with Gasteiger partial charge in [-0.15, -0.1) is 0 Å². The number of carboxylic acids is 1. The zero-order valence-corrected chi connectivity index (χ0v) is 11.5. The van der Waals surface area contributed by atoms with Crippen molar-refractivity contribution in [2.75, 3.05) is 13.1 Å². The maximum absolute atomic E-state index is 12.4. The molecule has 1 fully saturated rings. The highest BCUT2D eigenvalue weighted by Gasteiger charge is 2.32. The first-order valence-electron chi connectivity index (χ1n) is 6.59. The van der Waals surface area contributed by atoms with Gasteiger partial charge in [0, 0.05) is 12.1 Å². The monoisotopic (exact) mass is 256 g/mol. The fourth-order valence-electron chi connectivity index (χ4n) is 2.23. The predicted octanol–water partition coefficient (Wildman–Crippen LogP) is 1.23. The third-order valence-electron chi connectivity index (χ3n) is 3.23. The summed E-state index contributed by atoms with van der Waals surface area (Å²) < 4.78 is 0. The van der Waals surface area contributed by atoms with Gasteiger partial charge >= 0.3 is 5.97 Å². The smallest absolute Gasteiger partial charge is 0.305 e. The fourth-order valence-corrected chi connectivity index (χ4v) is 2.23. The first kappa shape index (κ1) is 15.0. The number of nitrogens with one attached hydrogen (secondary N) is 1. The Morgan fingerprint density at radius 3 is 2.44 bits per heavy atom. The third-order valence-corrected chi connectivity index (χ3v) is 3.23. The first-order valence-corrected chi connectivity index (χ1v) is 6.59. The number of aliphatic carboxylic acids is 1. The number of hydrogen-bond acceptors (Lipinski definition) is 3. The summed E-state index contributed by atoms with van der Waals surface area (Å²) >= 11 is 0. The Bertz CT molecular complexity index is 304. The van der Waals surface area contributed by atoms with E-state index >= 15 is 0 Å². The predicted molar refractivity (Wildman–Crippen MR) is 69.4 cm³/mol. The molecule has 104 valence electrons. The van der Waals surface area contributed by atoms with Crippen molar-refractivity contribution in [3.63, 3.8) is 0 Å². The van der Waals surface area contributed by atoms with Crippen LogP contribution in [0.25, 0.3) is 0 Å². The van der Waals surface area contributed by atoms with Crippen LogP contribution in [0.5, 0.6) is 0 Å². The largest absolute Gasteiger partial charge is 0.481 e. The molecule has 18 heavy (non-hydrogen) atoms. The van der Waals surface area contributed by atoms with Crippen LogP contribution in [0.3, 0.4) is 0 Å². The molecular weight excluding hydrogens is 232 g/mol. The SMILES string of the molecule is CC(C)(C)N(CCC(=O)O)C(=O)[C@H]1CCCCN1. The van der Waals surface area contributed by atoms with Gasteiger partial charge in [-0.3, -0.25) is 9.59 Å². The van der Waals surface area contributed by atoms with Gasteiger partial charge in [0.05, 0.1) is 12.5 Å². The van der Waals surface area contributed by atoms with E-state index in [2.05, 4.69) is 5.32 Å². The van der Waals surface area contributed by atoms with Crippen LogP contribution >= 0.6 is 0 Å². The van der Waals surface area contributed by atoms with Crippen molar-refractivity contribution in [2.45, 2.75) is 58.0 Å². The Morgan fingerprint density at radius 1 is 1.33 bits per heavy atom. The van der Waals surface area contributed by atoms with Gasteiger partial charge in [0.15, 0.2) is 0 Å². The molecule has 5 heteroatoms. The number of amides is 1. The maximum Gasteiger partial charge on any atom is 0.305 e. The second kappa shape index (κ2) is 6.18. The number of carbonyl (C=O) groups is 2. The molecule has 1 atom stereocenters. The second-order valence-electron chi connectivity index (χ2n) is 5.81. The molecule has 0 aromatic rings. The van der Waals surface area contributed by atoms with Crippen LogP contribution in [-0.4, -0.2) is 46.6 Å². The highest BCUT2D eigenvalue weighted by atomic mass is 16.4. The van der Waals surface area contributed by atoms with Crippen LogP contribution < -0.4 is 5.32 Å². The molecule has 1 aliphatic rings. The molecule has 1 heterocycles. The minimum Gasteiger partial charge on any atom is -0.481 e. The maximum atomic E-state index is 12.4. The van der Waals surface area contributed by atoms with Gasteiger partial charge in [-0.05, 0) is 40.2 Å². The van der Waals surface area contributed by atoms with Gasteiger partial charge < -0.3 is 15.3 Å². The number of nitrogens with zero attached hydrogens (tertiary/aromatic N) is 1. The van der Waals surface area contributed by atoms with E-state index in [0.29, 0.717) is 0 Å². The standard InChI is InChI=1S/C13H24N2O3/c1-13(2,3)15(9-7-11(16)17)12(18)10-6-4-5-8-14-10/h10,14H,4-9H2,1-3H3,(H,16,17)/t10-/m1/s1. The van der Waals surface area contributed by atoms with Gasteiger partial charge in [0.2, 0.25) is 5.91 Å². The summed E-state index contributed by atoms with van der Waals surface area (Å²) in [7, 11) is 0. The normalized spacial score (nSPS) is 20.5. The molecule has 1 rings (SSSR count). The Kier molecular flexibility index (Phi) is 5.14. The quantitative estimate of drug-likeness (QED) is 0.793. The van der Waals surface area contributed by atoms with Crippen molar-refractivity contribution in [3.05, 3.63) is 0 Å². The second-order valence-corrected chi connectivity index (χ2v) is 5.81. The molecule has 1 saturated heterocycles. The highest BCUT2D eigenvalue weighted by molar-refractivity contribution is 5.83. The summed E-state index contributed by atoms with van der Waals surface area (Å²) in [5, 5.41) is 12.0. The van der Waals surface area contributed by atoms with Crippen LogP contribution in [0, 0.1) is 0 Å². The Morgan fingerprint density at radius 2 is 2.00 bits per heavy atom. The summed E-state index contributed by atoms with van der Waals surface area (Å²) in [6.07, 6.45) is 3.00. The lowest BCUT2D eigenvalue weighted by Gasteiger charge is -2.39. The van der Waals surface area contributed by atoms with Crippen molar-refractivity contribution in [3.8, 4) is 0 Å². The fraction of sp³-hybridized carbons (Fsp3) is 0.846. The van der Waals surface area contributed by atoms with Crippen molar-refractivity contribution >= 4 is 11.9 Å².